The van der Waals surface area contributed by atoms with E-state index in [2.05, 4.69) is 26.9 Å². The summed E-state index contributed by atoms with van der Waals surface area (Å²) in [6.07, 6.45) is 0.211. The number of nitrogens with one attached hydrogen (secondary N) is 2. The zero-order valence-corrected chi connectivity index (χ0v) is 17.8. The van der Waals surface area contributed by atoms with Crippen LogP contribution in [-0.4, -0.2) is 37.3 Å². The number of nitrogens with zero attached hydrogens (tertiary/aromatic N) is 1. The highest BCUT2D eigenvalue weighted by atomic mass is 32.2. The smallest absolute Gasteiger partial charge is 0.384 e. The van der Waals surface area contributed by atoms with Crippen molar-refractivity contribution in [3.63, 3.8) is 0 Å². The van der Waals surface area contributed by atoms with E-state index in [4.69, 9.17) is 12.2 Å². The second-order valence-electron chi connectivity index (χ2n) is 6.68. The summed E-state index contributed by atoms with van der Waals surface area (Å²) in [6.45, 7) is 1.41. The molecule has 32 heavy (non-hydrogen) atoms. The van der Waals surface area contributed by atoms with Crippen molar-refractivity contribution in [3.05, 3.63) is 48.2 Å². The van der Waals surface area contributed by atoms with Crippen LogP contribution in [0.4, 0.5) is 24.7 Å². The van der Waals surface area contributed by atoms with Gasteiger partial charge in [-0.25, -0.2) is 18.1 Å². The summed E-state index contributed by atoms with van der Waals surface area (Å²) in [4.78, 5) is 3.65. The lowest BCUT2D eigenvalue weighted by atomic mass is 9.90. The lowest BCUT2D eigenvalue weighted by molar-refractivity contribution is -0.264. The van der Waals surface area contributed by atoms with E-state index in [0.717, 1.165) is 18.3 Å². The summed E-state index contributed by atoms with van der Waals surface area (Å²) in [5.74, 6) is 7.44. The molecule has 7 nitrogen and oxygen atoms in total. The molecule has 2 unspecified atom stereocenters. The van der Waals surface area contributed by atoms with Gasteiger partial charge in [-0.15, -0.1) is 18.3 Å². The molecule has 0 saturated carbocycles. The number of halogens is 3. The zero-order chi connectivity index (χ0) is 24.0. The number of alkyl halides is 3. The van der Waals surface area contributed by atoms with Crippen LogP contribution in [-0.2, 0) is 15.6 Å². The first-order valence-electron chi connectivity index (χ1n) is 9.16. The Kier molecular flexibility index (Phi) is 7.75. The summed E-state index contributed by atoms with van der Waals surface area (Å²) in [5, 5.41) is 13.0. The molecular formula is C21H21F3N4O3S. The second-order valence-corrected chi connectivity index (χ2v) is 8.45. The molecule has 0 aliphatic heterocycles. The lowest BCUT2D eigenvalue weighted by Gasteiger charge is -2.29. The number of aliphatic hydroxyl groups is 1. The SMILES string of the molecule is C#CCC(O)(c1ccc(NC(C#CC)CNS(=O)(=O)c2ccc(N)nc2)cc1)C(F)(F)F. The van der Waals surface area contributed by atoms with Crippen LogP contribution in [0.2, 0.25) is 0 Å². The second kappa shape index (κ2) is 9.92. The fourth-order valence-corrected chi connectivity index (χ4v) is 3.69. The van der Waals surface area contributed by atoms with Crippen molar-refractivity contribution < 1.29 is 26.7 Å². The normalized spacial score (nSPS) is 14.4. The Morgan fingerprint density at radius 3 is 2.38 bits per heavy atom. The molecule has 0 fully saturated rings. The summed E-state index contributed by atoms with van der Waals surface area (Å²) in [7, 11) is -3.88. The predicted octanol–water partition coefficient (Wildman–Crippen LogP) is 2.22. The maximum absolute atomic E-state index is 13.3. The van der Waals surface area contributed by atoms with Crippen LogP contribution >= 0.6 is 0 Å². The molecule has 1 aromatic heterocycles. The molecule has 2 rings (SSSR count). The number of benzene rings is 1. The van der Waals surface area contributed by atoms with Crippen molar-refractivity contribution in [3.8, 4) is 24.2 Å². The van der Waals surface area contributed by atoms with Gasteiger partial charge in [-0.05, 0) is 36.8 Å². The molecule has 0 aliphatic rings. The molecule has 2 atom stereocenters. The van der Waals surface area contributed by atoms with Crippen molar-refractivity contribution in [1.82, 2.24) is 9.71 Å². The molecule has 0 aliphatic carbocycles. The molecule has 1 heterocycles. The van der Waals surface area contributed by atoms with E-state index in [1.807, 2.05) is 5.92 Å². The number of nitrogens with two attached hydrogens (primary N) is 1. The van der Waals surface area contributed by atoms with Crippen LogP contribution in [0.1, 0.15) is 18.9 Å². The first kappa shape index (κ1) is 25.0. The first-order valence-corrected chi connectivity index (χ1v) is 10.6. The van der Waals surface area contributed by atoms with Gasteiger partial charge in [0.25, 0.3) is 0 Å². The fraction of sp³-hybridized carbons (Fsp3) is 0.286. The Balaban J connectivity index is 2.15. The van der Waals surface area contributed by atoms with Gasteiger partial charge >= 0.3 is 6.18 Å². The number of terminal acetylenes is 1. The van der Waals surface area contributed by atoms with E-state index in [1.54, 1.807) is 6.92 Å². The first-order chi connectivity index (χ1) is 14.9. The van der Waals surface area contributed by atoms with Crippen LogP contribution in [0.3, 0.4) is 0 Å². The molecule has 1 aromatic carbocycles. The van der Waals surface area contributed by atoms with Crippen molar-refractivity contribution in [1.29, 1.82) is 0 Å². The Labute approximate surface area is 184 Å². The number of rotatable bonds is 8. The molecule has 0 amide bonds. The topological polar surface area (TPSA) is 117 Å². The van der Waals surface area contributed by atoms with Gasteiger partial charge in [-0.2, -0.15) is 13.2 Å². The van der Waals surface area contributed by atoms with Gasteiger partial charge in [0.2, 0.25) is 10.0 Å². The van der Waals surface area contributed by atoms with E-state index in [9.17, 15) is 26.7 Å². The number of anilines is 2. The van der Waals surface area contributed by atoms with Gasteiger partial charge in [0, 0.05) is 18.4 Å². The largest absolute Gasteiger partial charge is 0.422 e. The number of nitrogen functional groups attached to an aromatic ring is 1. The van der Waals surface area contributed by atoms with E-state index < -0.39 is 39.8 Å². The molecular weight excluding hydrogens is 445 g/mol. The maximum Gasteiger partial charge on any atom is 0.422 e. The van der Waals surface area contributed by atoms with Gasteiger partial charge in [-0.3, -0.25) is 0 Å². The number of aromatic nitrogens is 1. The lowest BCUT2D eigenvalue weighted by Crippen LogP contribution is -2.42. The minimum Gasteiger partial charge on any atom is -0.384 e. The van der Waals surface area contributed by atoms with Crippen LogP contribution in [0.25, 0.3) is 0 Å². The zero-order valence-electron chi connectivity index (χ0n) is 16.9. The fourth-order valence-electron chi connectivity index (χ4n) is 2.70. The van der Waals surface area contributed by atoms with Gasteiger partial charge in [-0.1, -0.05) is 18.1 Å². The minimum absolute atomic E-state index is 0.0841. The Morgan fingerprint density at radius 2 is 1.88 bits per heavy atom. The minimum atomic E-state index is -4.96. The summed E-state index contributed by atoms with van der Waals surface area (Å²) >= 11 is 0. The summed E-state index contributed by atoms with van der Waals surface area (Å²) in [6, 6.07) is 6.75. The van der Waals surface area contributed by atoms with Gasteiger partial charge < -0.3 is 16.2 Å². The molecule has 5 N–H and O–H groups in total. The summed E-state index contributed by atoms with van der Waals surface area (Å²) < 4.78 is 67.1. The molecule has 0 saturated heterocycles. The number of hydrogen-bond donors (Lipinski definition) is 4. The monoisotopic (exact) mass is 466 g/mol. The van der Waals surface area contributed by atoms with Crippen LogP contribution in [0.15, 0.2) is 47.5 Å². The maximum atomic E-state index is 13.3. The van der Waals surface area contributed by atoms with Crippen molar-refractivity contribution in [2.75, 3.05) is 17.6 Å². The highest BCUT2D eigenvalue weighted by Crippen LogP contribution is 2.41. The molecule has 2 aromatic rings. The van der Waals surface area contributed by atoms with Crippen molar-refractivity contribution >= 4 is 21.5 Å². The van der Waals surface area contributed by atoms with E-state index in [1.165, 1.54) is 24.3 Å². The third-order valence-electron chi connectivity index (χ3n) is 4.40. The van der Waals surface area contributed by atoms with Gasteiger partial charge in [0.1, 0.15) is 16.8 Å². The molecule has 0 bridgehead atoms. The molecule has 0 radical (unpaired) electrons. The molecule has 11 heteroatoms. The number of pyridine rings is 1. The Hall–Kier alpha value is -3.25. The van der Waals surface area contributed by atoms with E-state index in [0.29, 0.717) is 5.69 Å². The third-order valence-corrected chi connectivity index (χ3v) is 5.80. The van der Waals surface area contributed by atoms with Gasteiger partial charge in [0.05, 0.1) is 6.42 Å². The number of sulfonamides is 1. The van der Waals surface area contributed by atoms with Crippen molar-refractivity contribution in [2.45, 2.75) is 36.1 Å². The predicted molar refractivity (Wildman–Crippen MR) is 115 cm³/mol. The average molecular weight is 466 g/mol. The van der Waals surface area contributed by atoms with Crippen LogP contribution in [0, 0.1) is 24.2 Å². The Morgan fingerprint density at radius 1 is 1.22 bits per heavy atom. The average Bonchev–Trinajstić information content (AvgIpc) is 2.72. The standard InChI is InChI=1S/C21H21F3N4O3S/c1-3-5-17(13-27-32(30,31)18-10-11-19(25)26-14-18)28-16-8-6-15(7-9-16)20(29,12-4-2)21(22,23)24/h2,6-11,14,17,27-29H,12-13H2,1H3,(H2,25,26). The molecule has 170 valence electrons. The molecule has 0 spiro atoms. The quantitative estimate of drug-likeness (QED) is 0.443. The van der Waals surface area contributed by atoms with E-state index in [-0.39, 0.29) is 17.3 Å². The summed E-state index contributed by atoms with van der Waals surface area (Å²) in [5.41, 5.74) is 2.23. The third kappa shape index (κ3) is 5.92. The van der Waals surface area contributed by atoms with Gasteiger partial charge in [0.15, 0.2) is 5.60 Å². The van der Waals surface area contributed by atoms with Crippen LogP contribution in [0.5, 0.6) is 0 Å². The highest BCUT2D eigenvalue weighted by molar-refractivity contribution is 7.89. The highest BCUT2D eigenvalue weighted by Gasteiger charge is 2.54. The van der Waals surface area contributed by atoms with Crippen LogP contribution < -0.4 is 15.8 Å². The number of hydrogen-bond acceptors (Lipinski definition) is 6. The van der Waals surface area contributed by atoms with Crippen molar-refractivity contribution in [2.24, 2.45) is 0 Å². The van der Waals surface area contributed by atoms with E-state index >= 15 is 0 Å². The Bertz CT molecular complexity index is 1130.